The fraction of sp³-hybridized carbons (Fsp3) is 0.433. The van der Waals surface area contributed by atoms with Gasteiger partial charge in [0.2, 0.25) is 0 Å². The predicted octanol–water partition coefficient (Wildman–Crippen LogP) is 5.23. The van der Waals surface area contributed by atoms with E-state index < -0.39 is 64.0 Å². The Morgan fingerprint density at radius 2 is 1.81 bits per heavy atom. The van der Waals surface area contributed by atoms with Crippen molar-refractivity contribution in [1.29, 1.82) is 0 Å². The second-order valence-electron chi connectivity index (χ2n) is 11.4. The monoisotopic (exact) mass is 669 g/mol. The van der Waals surface area contributed by atoms with Crippen LogP contribution in [0.1, 0.15) is 37.8 Å². The van der Waals surface area contributed by atoms with Crippen molar-refractivity contribution in [2.24, 2.45) is 7.05 Å². The Bertz CT molecular complexity index is 1920. The summed E-state index contributed by atoms with van der Waals surface area (Å²) in [6.07, 6.45) is -6.31. The molecule has 1 saturated heterocycles. The number of halogens is 7. The van der Waals surface area contributed by atoms with E-state index in [1.807, 2.05) is 0 Å². The van der Waals surface area contributed by atoms with Crippen LogP contribution in [0.2, 0.25) is 0 Å². The largest absolute Gasteiger partial charge is 0.423 e. The Hall–Kier alpha value is -4.54. The van der Waals surface area contributed by atoms with Crippen LogP contribution in [0.3, 0.4) is 0 Å². The van der Waals surface area contributed by atoms with Gasteiger partial charge in [-0.1, -0.05) is 0 Å². The Kier molecular flexibility index (Phi) is 9.05. The van der Waals surface area contributed by atoms with Crippen LogP contribution in [-0.4, -0.2) is 56.2 Å². The smallest absolute Gasteiger partial charge is 0.381 e. The van der Waals surface area contributed by atoms with Crippen LogP contribution in [0.25, 0.3) is 22.2 Å². The minimum Gasteiger partial charge on any atom is -0.381 e. The molecule has 1 aromatic carbocycles. The number of nitrogens with one attached hydrogen (secondary N) is 1. The van der Waals surface area contributed by atoms with Crippen LogP contribution in [0.4, 0.5) is 42.2 Å². The van der Waals surface area contributed by atoms with Gasteiger partial charge in [0.15, 0.2) is 5.82 Å². The number of ether oxygens (including phenoxy) is 1. The van der Waals surface area contributed by atoms with E-state index in [-0.39, 0.29) is 36.0 Å². The summed E-state index contributed by atoms with van der Waals surface area (Å²) in [5.41, 5.74) is -4.90. The molecular formula is C30H30F7N7O3. The van der Waals surface area contributed by atoms with Gasteiger partial charge in [-0.05, 0) is 50.3 Å². The minimum absolute atomic E-state index is 0.00684. The molecule has 3 aromatic heterocycles. The number of fused-ring (bicyclic) bond motifs is 1. The summed E-state index contributed by atoms with van der Waals surface area (Å²) in [6, 6.07) is 2.86. The number of aryl methyl sites for hydroxylation is 2. The van der Waals surface area contributed by atoms with Crippen molar-refractivity contribution in [3.8, 4) is 11.4 Å². The van der Waals surface area contributed by atoms with Crippen molar-refractivity contribution >= 4 is 22.3 Å². The molecule has 47 heavy (non-hydrogen) atoms. The first-order valence-electron chi connectivity index (χ1n) is 14.5. The molecule has 0 saturated carbocycles. The lowest BCUT2D eigenvalue weighted by atomic mass is 10.00. The van der Waals surface area contributed by atoms with Crippen LogP contribution in [0.15, 0.2) is 46.4 Å². The van der Waals surface area contributed by atoms with Crippen molar-refractivity contribution in [2.45, 2.75) is 63.8 Å². The van der Waals surface area contributed by atoms with Gasteiger partial charge in [-0.25, -0.2) is 19.0 Å². The average molecular weight is 670 g/mol. The third kappa shape index (κ3) is 6.66. The van der Waals surface area contributed by atoms with Gasteiger partial charge in [0.25, 0.3) is 11.1 Å². The number of methoxy groups -OCH3 is 1. The molecule has 1 aliphatic heterocycles. The number of aromatic nitrogens is 5. The van der Waals surface area contributed by atoms with E-state index in [2.05, 4.69) is 20.4 Å². The molecule has 10 nitrogen and oxygen atoms in total. The van der Waals surface area contributed by atoms with Crippen molar-refractivity contribution < 1.29 is 35.5 Å². The van der Waals surface area contributed by atoms with Gasteiger partial charge in [-0.2, -0.15) is 31.4 Å². The molecular weight excluding hydrogens is 639 g/mol. The van der Waals surface area contributed by atoms with Gasteiger partial charge in [-0.15, -0.1) is 0 Å². The Morgan fingerprint density at radius 3 is 2.45 bits per heavy atom. The maximum absolute atomic E-state index is 15.4. The van der Waals surface area contributed by atoms with Crippen LogP contribution in [0, 0.1) is 5.82 Å². The number of benzene rings is 1. The second-order valence-corrected chi connectivity index (χ2v) is 11.4. The number of anilines is 2. The summed E-state index contributed by atoms with van der Waals surface area (Å²) in [4.78, 5) is 34.5. The van der Waals surface area contributed by atoms with Crippen LogP contribution < -0.4 is 21.3 Å². The molecule has 1 fully saturated rings. The van der Waals surface area contributed by atoms with E-state index in [9.17, 15) is 35.9 Å². The summed E-state index contributed by atoms with van der Waals surface area (Å²) in [7, 11) is 2.57. The highest BCUT2D eigenvalue weighted by Gasteiger charge is 2.43. The summed E-state index contributed by atoms with van der Waals surface area (Å²) < 4.78 is 104. The Labute approximate surface area is 262 Å². The van der Waals surface area contributed by atoms with Gasteiger partial charge in [-0.3, -0.25) is 9.59 Å². The Morgan fingerprint density at radius 1 is 1.09 bits per heavy atom. The van der Waals surface area contributed by atoms with Crippen LogP contribution in [-0.2, 0) is 30.7 Å². The highest BCUT2D eigenvalue weighted by Crippen LogP contribution is 2.40. The van der Waals surface area contributed by atoms with E-state index in [1.165, 1.54) is 34.9 Å². The molecule has 0 unspecified atom stereocenters. The zero-order valence-corrected chi connectivity index (χ0v) is 25.6. The number of rotatable bonds is 9. The minimum atomic E-state index is -4.89. The fourth-order valence-electron chi connectivity index (χ4n) is 5.53. The van der Waals surface area contributed by atoms with Crippen molar-refractivity contribution in [3.63, 3.8) is 0 Å². The molecule has 1 N–H and O–H groups in total. The SMILES string of the molecule is CO[C@@H]1CN(c2nc(-c3cc4ccn(CCC[C@H](C)Nc5cnn(C)c(=O)c5C(F)(F)F)c(=O)c4cc3F)ncc2C(F)(F)F)[C@H]1C. The number of pyridine rings is 1. The van der Waals surface area contributed by atoms with Crippen LogP contribution >= 0.6 is 0 Å². The van der Waals surface area contributed by atoms with E-state index in [0.717, 1.165) is 19.3 Å². The normalized spacial score (nSPS) is 17.6. The first kappa shape index (κ1) is 33.8. The quantitative estimate of drug-likeness (QED) is 0.242. The molecule has 0 spiro atoms. The number of hydrogen-bond donors (Lipinski definition) is 1. The van der Waals surface area contributed by atoms with Gasteiger partial charge in [0.05, 0.1) is 35.0 Å². The van der Waals surface area contributed by atoms with Gasteiger partial charge < -0.3 is 19.5 Å². The van der Waals surface area contributed by atoms with Crippen LogP contribution in [0.5, 0.6) is 0 Å². The summed E-state index contributed by atoms with van der Waals surface area (Å²) in [5, 5.41) is 6.63. The number of hydrogen-bond acceptors (Lipinski definition) is 8. The summed E-state index contributed by atoms with van der Waals surface area (Å²) >= 11 is 0. The third-order valence-electron chi connectivity index (χ3n) is 8.22. The zero-order chi connectivity index (χ0) is 34.4. The van der Waals surface area contributed by atoms with Gasteiger partial charge >= 0.3 is 12.4 Å². The molecule has 5 rings (SSSR count). The molecule has 0 amide bonds. The maximum atomic E-state index is 15.4. The lowest BCUT2D eigenvalue weighted by Crippen LogP contribution is -2.60. The standard InChI is InChI=1S/C30H30F7N7O3/c1-15(40-22-13-39-42(3)28(46)24(22)30(35,36)37)6-5-8-43-9-7-17-10-19(21(31)11-18(17)27(43)45)25-38-12-20(29(32,33)34)26(41-25)44-14-23(47-4)16(44)2/h7,9-13,15-16,23,40H,5-6,8,14H2,1-4H3/t15-,16-,23+/m0/s1. The predicted molar refractivity (Wildman–Crippen MR) is 159 cm³/mol. The molecule has 0 radical (unpaired) electrons. The number of alkyl halides is 6. The lowest BCUT2D eigenvalue weighted by molar-refractivity contribution is -0.139. The molecule has 0 aliphatic carbocycles. The number of nitrogens with zero attached hydrogens (tertiary/aromatic N) is 6. The molecule has 3 atom stereocenters. The second kappa shape index (κ2) is 12.6. The first-order valence-corrected chi connectivity index (χ1v) is 14.5. The van der Waals surface area contributed by atoms with E-state index in [0.29, 0.717) is 29.1 Å². The fourth-order valence-corrected chi connectivity index (χ4v) is 5.53. The van der Waals surface area contributed by atoms with Crippen molar-refractivity contribution in [2.75, 3.05) is 23.9 Å². The molecule has 1 aliphatic rings. The highest BCUT2D eigenvalue weighted by atomic mass is 19.4. The molecule has 0 bridgehead atoms. The Balaban J connectivity index is 1.35. The maximum Gasteiger partial charge on any atom is 0.423 e. The lowest BCUT2D eigenvalue weighted by Gasteiger charge is -2.46. The molecule has 4 heterocycles. The average Bonchev–Trinajstić information content (AvgIpc) is 2.98. The molecule has 4 aromatic rings. The zero-order valence-electron chi connectivity index (χ0n) is 25.6. The van der Waals surface area contributed by atoms with E-state index in [4.69, 9.17) is 4.74 Å². The van der Waals surface area contributed by atoms with E-state index >= 15 is 4.39 Å². The summed E-state index contributed by atoms with van der Waals surface area (Å²) in [6.45, 7) is 3.61. The topological polar surface area (TPSA) is 107 Å². The molecule has 252 valence electrons. The molecule has 17 heteroatoms. The first-order chi connectivity index (χ1) is 22.0. The highest BCUT2D eigenvalue weighted by molar-refractivity contribution is 5.86. The summed E-state index contributed by atoms with van der Waals surface area (Å²) in [5.74, 6) is -1.60. The third-order valence-corrected chi connectivity index (χ3v) is 8.22. The van der Waals surface area contributed by atoms with E-state index in [1.54, 1.807) is 13.8 Å². The van der Waals surface area contributed by atoms with Crippen molar-refractivity contribution in [3.05, 3.63) is 74.4 Å². The van der Waals surface area contributed by atoms with Gasteiger partial charge in [0, 0.05) is 45.7 Å². The van der Waals surface area contributed by atoms with Crippen molar-refractivity contribution in [1.82, 2.24) is 24.3 Å². The van der Waals surface area contributed by atoms with Gasteiger partial charge in [0.1, 0.15) is 22.8 Å².